The third-order valence-electron chi connectivity index (χ3n) is 11.6. The van der Waals surface area contributed by atoms with Gasteiger partial charge in [0, 0.05) is 24.4 Å². The number of hydrogen-bond donors (Lipinski definition) is 1. The maximum Gasteiger partial charge on any atom is 0.315 e. The molecule has 4 aliphatic carbocycles. The molecule has 0 spiro atoms. The lowest BCUT2D eigenvalue weighted by molar-refractivity contribution is -0.249. The van der Waals surface area contributed by atoms with Crippen LogP contribution in [0.2, 0.25) is 0 Å². The number of carbonyl (C=O) groups is 2. The highest BCUT2D eigenvalue weighted by Crippen LogP contribution is 2.82. The van der Waals surface area contributed by atoms with Crippen molar-refractivity contribution in [2.75, 3.05) is 13.2 Å². The number of carbonyl (C=O) groups excluding carboxylic acids is 1. The minimum absolute atomic E-state index is 0.0477. The number of carboxylic acids is 1. The smallest absolute Gasteiger partial charge is 0.315 e. The van der Waals surface area contributed by atoms with Gasteiger partial charge in [-0.2, -0.15) is 0 Å². The van der Waals surface area contributed by atoms with Crippen molar-refractivity contribution in [1.82, 2.24) is 0 Å². The van der Waals surface area contributed by atoms with E-state index in [1.54, 1.807) is 0 Å². The van der Waals surface area contributed by atoms with Gasteiger partial charge in [-0.05, 0) is 61.7 Å². The first-order valence-electron chi connectivity index (χ1n) is 13.9. The highest BCUT2D eigenvalue weighted by molar-refractivity contribution is 5.90. The van der Waals surface area contributed by atoms with E-state index in [1.165, 1.54) is 0 Å². The molecule has 0 aromatic heterocycles. The average Bonchev–Trinajstić information content (AvgIpc) is 3.50. The first-order chi connectivity index (χ1) is 16.6. The molecule has 6 aliphatic rings. The third-order valence-corrected chi connectivity index (χ3v) is 11.6. The van der Waals surface area contributed by atoms with Crippen molar-refractivity contribution in [2.24, 2.45) is 57.7 Å². The van der Waals surface area contributed by atoms with Crippen molar-refractivity contribution in [3.63, 3.8) is 0 Å². The molecule has 2 unspecified atom stereocenters. The Morgan fingerprint density at radius 2 is 2.00 bits per heavy atom. The molecule has 3 saturated carbocycles. The van der Waals surface area contributed by atoms with Gasteiger partial charge in [-0.15, -0.1) is 0 Å². The number of ether oxygens (including phenoxy) is 3. The molecule has 0 radical (unpaired) electrons. The molecule has 0 amide bonds. The Labute approximate surface area is 209 Å². The zero-order valence-corrected chi connectivity index (χ0v) is 21.9. The fourth-order valence-electron chi connectivity index (χ4n) is 10.4. The topological polar surface area (TPSA) is 82.1 Å². The summed E-state index contributed by atoms with van der Waals surface area (Å²) in [5.74, 6) is 1.18. The second-order valence-corrected chi connectivity index (χ2v) is 13.2. The minimum atomic E-state index is -1.19. The van der Waals surface area contributed by atoms with E-state index in [4.69, 9.17) is 14.2 Å². The van der Waals surface area contributed by atoms with Crippen molar-refractivity contribution in [2.45, 2.75) is 85.2 Å². The van der Waals surface area contributed by atoms with Crippen molar-refractivity contribution in [3.05, 3.63) is 11.6 Å². The van der Waals surface area contributed by atoms with Crippen molar-refractivity contribution < 1.29 is 28.9 Å². The quantitative estimate of drug-likeness (QED) is 0.432. The fraction of sp³-hybridized carbons (Fsp3) is 0.862. The predicted octanol–water partition coefficient (Wildman–Crippen LogP) is 4.71. The fourth-order valence-corrected chi connectivity index (χ4v) is 10.4. The summed E-state index contributed by atoms with van der Waals surface area (Å²) in [4.78, 5) is 26.7. The van der Waals surface area contributed by atoms with Crippen LogP contribution in [0.4, 0.5) is 0 Å². The van der Waals surface area contributed by atoms with Crippen molar-refractivity contribution in [3.8, 4) is 0 Å². The molecule has 0 aromatic carbocycles. The highest BCUT2D eigenvalue weighted by Gasteiger charge is 2.84. The van der Waals surface area contributed by atoms with Crippen LogP contribution in [0.3, 0.4) is 0 Å². The van der Waals surface area contributed by atoms with Crippen LogP contribution >= 0.6 is 0 Å². The van der Waals surface area contributed by atoms with Crippen LogP contribution in [0.15, 0.2) is 11.6 Å². The molecule has 2 saturated heterocycles. The third kappa shape index (κ3) is 2.77. The zero-order chi connectivity index (χ0) is 24.9. The monoisotopic (exact) mass is 486 g/mol. The lowest BCUT2D eigenvalue weighted by Gasteiger charge is -2.58. The second-order valence-electron chi connectivity index (χ2n) is 13.2. The van der Waals surface area contributed by atoms with Crippen molar-refractivity contribution >= 4 is 12.3 Å². The van der Waals surface area contributed by atoms with Gasteiger partial charge in [-0.1, -0.05) is 45.8 Å². The van der Waals surface area contributed by atoms with Gasteiger partial charge in [0.1, 0.15) is 11.7 Å². The zero-order valence-electron chi connectivity index (χ0n) is 21.9. The summed E-state index contributed by atoms with van der Waals surface area (Å²) in [7, 11) is 0. The van der Waals surface area contributed by atoms with E-state index in [0.717, 1.165) is 37.7 Å². The molecule has 194 valence electrons. The highest BCUT2D eigenvalue weighted by atomic mass is 16.7. The molecule has 2 aliphatic heterocycles. The Morgan fingerprint density at radius 3 is 2.69 bits per heavy atom. The number of fused-ring (bicyclic) bond motifs is 3. The number of hydrogen-bond acceptors (Lipinski definition) is 5. The molecular formula is C29H42O6. The van der Waals surface area contributed by atoms with Gasteiger partial charge in [0.25, 0.3) is 0 Å². The minimum Gasteiger partial charge on any atom is -0.481 e. The number of aldehydes is 1. The Hall–Kier alpha value is -1.24. The molecule has 2 heterocycles. The molecule has 6 rings (SSSR count). The molecule has 6 nitrogen and oxygen atoms in total. The first-order valence-corrected chi connectivity index (χ1v) is 13.9. The van der Waals surface area contributed by atoms with Gasteiger partial charge < -0.3 is 24.1 Å². The summed E-state index contributed by atoms with van der Waals surface area (Å²) in [6, 6.07) is 0. The average molecular weight is 487 g/mol. The normalized spacial score (nSPS) is 54.0. The van der Waals surface area contributed by atoms with E-state index in [-0.39, 0.29) is 30.0 Å². The van der Waals surface area contributed by atoms with E-state index in [0.29, 0.717) is 43.1 Å². The van der Waals surface area contributed by atoms with Gasteiger partial charge in [0.15, 0.2) is 6.29 Å². The SMILES string of the molecule is CC(C)C1=C[C@H]2C[C@]3(C=O)[C@@H]4CC[C@@H](C)[C@H]4CC2(CO[C@H]2C[C@@H]4OC[C@@H](C)[C@@H]4[C@@H](C)O2)C13C(=O)O. The van der Waals surface area contributed by atoms with E-state index in [9.17, 15) is 14.7 Å². The summed E-state index contributed by atoms with van der Waals surface area (Å²) in [5.41, 5.74) is -1.68. The van der Waals surface area contributed by atoms with E-state index in [1.807, 2.05) is 0 Å². The number of allylic oxidation sites excluding steroid dienone is 1. The summed E-state index contributed by atoms with van der Waals surface area (Å²) >= 11 is 0. The van der Waals surface area contributed by atoms with Crippen LogP contribution < -0.4 is 0 Å². The number of aliphatic carboxylic acids is 1. The van der Waals surface area contributed by atoms with E-state index >= 15 is 0 Å². The Kier molecular flexibility index (Phi) is 5.43. The van der Waals surface area contributed by atoms with Crippen LogP contribution in [-0.4, -0.2) is 49.1 Å². The maximum atomic E-state index is 13.5. The number of rotatable bonds is 6. The second kappa shape index (κ2) is 7.88. The summed E-state index contributed by atoms with van der Waals surface area (Å²) in [6.07, 6.45) is 7.27. The molecule has 6 heteroatoms. The van der Waals surface area contributed by atoms with Gasteiger partial charge in [-0.3, -0.25) is 4.79 Å². The van der Waals surface area contributed by atoms with Gasteiger partial charge >= 0.3 is 5.97 Å². The van der Waals surface area contributed by atoms with Crippen LogP contribution in [0.1, 0.15) is 66.7 Å². The van der Waals surface area contributed by atoms with Gasteiger partial charge in [0.2, 0.25) is 0 Å². The van der Waals surface area contributed by atoms with Crippen LogP contribution in [0.25, 0.3) is 0 Å². The Morgan fingerprint density at radius 1 is 1.23 bits per heavy atom. The standard InChI is InChI=1S/C29H42O6/c1-15(2)22-8-19-10-27(13-30)21-7-6-16(3)20(21)11-28(19,29(22,27)26(31)32)14-34-24-9-23-25(18(5)35-24)17(4)12-33-23/h8,13,15-21,23-25H,6-7,9-12,14H2,1-5H3,(H,31,32)/t16-,17-,18-,19+,20-,21-,23+,24-,25-,27+,28?,29?/m1/s1. The maximum absolute atomic E-state index is 13.5. The van der Waals surface area contributed by atoms with Crippen LogP contribution in [-0.2, 0) is 23.8 Å². The molecular weight excluding hydrogens is 444 g/mol. The Bertz CT molecular complexity index is 943. The summed E-state index contributed by atoms with van der Waals surface area (Å²) in [6.45, 7) is 11.9. The molecule has 12 atom stereocenters. The van der Waals surface area contributed by atoms with E-state index < -0.39 is 28.5 Å². The molecule has 4 bridgehead atoms. The number of carboxylic acid groups (broad SMARTS) is 1. The Balaban J connectivity index is 1.38. The van der Waals surface area contributed by atoms with Crippen LogP contribution in [0, 0.1) is 57.7 Å². The van der Waals surface area contributed by atoms with Gasteiger partial charge in [0.05, 0.1) is 24.2 Å². The summed E-state index contributed by atoms with van der Waals surface area (Å²) < 4.78 is 19.0. The lowest BCUT2D eigenvalue weighted by Crippen LogP contribution is -2.63. The summed E-state index contributed by atoms with van der Waals surface area (Å²) in [5, 5.41) is 11.1. The van der Waals surface area contributed by atoms with Gasteiger partial charge in [-0.25, -0.2) is 0 Å². The molecule has 35 heavy (non-hydrogen) atoms. The molecule has 0 aromatic rings. The van der Waals surface area contributed by atoms with E-state index in [2.05, 4.69) is 40.7 Å². The predicted molar refractivity (Wildman–Crippen MR) is 129 cm³/mol. The molecule has 5 fully saturated rings. The van der Waals surface area contributed by atoms with Crippen molar-refractivity contribution in [1.29, 1.82) is 0 Å². The largest absolute Gasteiger partial charge is 0.481 e. The van der Waals surface area contributed by atoms with Crippen LogP contribution in [0.5, 0.6) is 0 Å². The first kappa shape index (κ1) is 24.1. The molecule has 1 N–H and O–H groups in total. The lowest BCUT2D eigenvalue weighted by atomic mass is 9.43.